The standard InChI is InChI=1S/C13H11N/c1-2-6-12-10(4-1)7-8-11-5-3-9-14-13(11)12/h1-4,6-9,14H,5H2. The van der Waals surface area contributed by atoms with Gasteiger partial charge in [0.15, 0.2) is 0 Å². The molecule has 1 aliphatic rings. The minimum absolute atomic E-state index is 1.03. The van der Waals surface area contributed by atoms with E-state index in [0.29, 0.717) is 0 Å². The van der Waals surface area contributed by atoms with Crippen LogP contribution in [0.1, 0.15) is 5.56 Å². The Morgan fingerprint density at radius 3 is 2.93 bits per heavy atom. The van der Waals surface area contributed by atoms with Crippen LogP contribution in [0.15, 0.2) is 48.7 Å². The summed E-state index contributed by atoms with van der Waals surface area (Å²) in [6, 6.07) is 12.9. The van der Waals surface area contributed by atoms with Crippen molar-refractivity contribution >= 4 is 16.5 Å². The summed E-state index contributed by atoms with van der Waals surface area (Å²) in [6.45, 7) is 0. The molecule has 0 spiro atoms. The van der Waals surface area contributed by atoms with Crippen LogP contribution >= 0.6 is 0 Å². The monoisotopic (exact) mass is 181 g/mol. The highest BCUT2D eigenvalue weighted by Gasteiger charge is 2.07. The van der Waals surface area contributed by atoms with Crippen molar-refractivity contribution in [2.75, 3.05) is 5.32 Å². The highest BCUT2D eigenvalue weighted by molar-refractivity contribution is 5.96. The molecule has 0 atom stereocenters. The molecule has 1 heteroatoms. The molecule has 1 N–H and O–H groups in total. The smallest absolute Gasteiger partial charge is 0.0495 e. The highest BCUT2D eigenvalue weighted by atomic mass is 14.9. The zero-order chi connectivity index (χ0) is 9.38. The summed E-state index contributed by atoms with van der Waals surface area (Å²) < 4.78 is 0. The van der Waals surface area contributed by atoms with E-state index < -0.39 is 0 Å². The molecule has 1 aliphatic heterocycles. The molecule has 0 bridgehead atoms. The fraction of sp³-hybridized carbons (Fsp3) is 0.0769. The Labute approximate surface area is 83.1 Å². The lowest BCUT2D eigenvalue weighted by Gasteiger charge is -2.15. The molecule has 3 rings (SSSR count). The van der Waals surface area contributed by atoms with Crippen LogP contribution in [0.2, 0.25) is 0 Å². The second-order valence-electron chi connectivity index (χ2n) is 3.57. The third kappa shape index (κ3) is 1.02. The van der Waals surface area contributed by atoms with Gasteiger partial charge in [-0.25, -0.2) is 0 Å². The average molecular weight is 181 g/mol. The van der Waals surface area contributed by atoms with E-state index in [2.05, 4.69) is 47.8 Å². The molecule has 2 aromatic carbocycles. The normalized spacial score (nSPS) is 13.7. The minimum atomic E-state index is 1.03. The first-order valence-electron chi connectivity index (χ1n) is 4.87. The van der Waals surface area contributed by atoms with E-state index in [1.165, 1.54) is 22.0 Å². The molecule has 0 unspecified atom stereocenters. The number of allylic oxidation sites excluding steroid dienone is 1. The van der Waals surface area contributed by atoms with Gasteiger partial charge in [0.1, 0.15) is 0 Å². The van der Waals surface area contributed by atoms with Crippen LogP contribution < -0.4 is 5.32 Å². The Morgan fingerprint density at radius 2 is 1.93 bits per heavy atom. The van der Waals surface area contributed by atoms with Gasteiger partial charge < -0.3 is 5.32 Å². The summed E-state index contributed by atoms with van der Waals surface area (Å²) in [5.74, 6) is 0. The topological polar surface area (TPSA) is 12.0 Å². The number of rotatable bonds is 0. The van der Waals surface area contributed by atoms with E-state index in [-0.39, 0.29) is 0 Å². The van der Waals surface area contributed by atoms with Crippen LogP contribution in [0, 0.1) is 0 Å². The van der Waals surface area contributed by atoms with Gasteiger partial charge in [0.05, 0.1) is 0 Å². The number of anilines is 1. The number of nitrogens with one attached hydrogen (secondary N) is 1. The van der Waals surface area contributed by atoms with E-state index in [4.69, 9.17) is 0 Å². The van der Waals surface area contributed by atoms with Crippen LogP contribution in [0.4, 0.5) is 5.69 Å². The number of hydrogen-bond donors (Lipinski definition) is 1. The van der Waals surface area contributed by atoms with Gasteiger partial charge in [-0.3, -0.25) is 0 Å². The van der Waals surface area contributed by atoms with E-state index >= 15 is 0 Å². The first-order chi connectivity index (χ1) is 6.95. The first-order valence-corrected chi connectivity index (χ1v) is 4.87. The van der Waals surface area contributed by atoms with Crippen LogP contribution in [-0.2, 0) is 6.42 Å². The zero-order valence-electron chi connectivity index (χ0n) is 7.83. The quantitative estimate of drug-likeness (QED) is 0.657. The predicted molar refractivity (Wildman–Crippen MR) is 60.4 cm³/mol. The fourth-order valence-corrected chi connectivity index (χ4v) is 1.99. The molecule has 0 fully saturated rings. The van der Waals surface area contributed by atoms with Crippen molar-refractivity contribution in [2.24, 2.45) is 0 Å². The first kappa shape index (κ1) is 7.63. The summed E-state index contributed by atoms with van der Waals surface area (Å²) in [5.41, 5.74) is 2.65. The molecule has 0 saturated heterocycles. The molecular weight excluding hydrogens is 170 g/mol. The van der Waals surface area contributed by atoms with E-state index in [1.807, 2.05) is 6.20 Å². The Kier molecular flexibility index (Phi) is 1.57. The van der Waals surface area contributed by atoms with Crippen LogP contribution in [-0.4, -0.2) is 0 Å². The van der Waals surface area contributed by atoms with Crippen molar-refractivity contribution in [3.05, 3.63) is 54.2 Å². The molecule has 2 aromatic rings. The zero-order valence-corrected chi connectivity index (χ0v) is 7.83. The average Bonchev–Trinajstić information content (AvgIpc) is 2.29. The minimum Gasteiger partial charge on any atom is -0.361 e. The molecule has 0 aromatic heterocycles. The Morgan fingerprint density at radius 1 is 1.00 bits per heavy atom. The Balaban J connectivity index is 2.37. The number of hydrogen-bond acceptors (Lipinski definition) is 1. The Bertz CT molecular complexity index is 512. The maximum Gasteiger partial charge on any atom is 0.0495 e. The summed E-state index contributed by atoms with van der Waals surface area (Å²) in [4.78, 5) is 0. The van der Waals surface area contributed by atoms with Crippen molar-refractivity contribution in [3.8, 4) is 0 Å². The summed E-state index contributed by atoms with van der Waals surface area (Å²) >= 11 is 0. The van der Waals surface area contributed by atoms with Crippen molar-refractivity contribution in [1.29, 1.82) is 0 Å². The molecule has 14 heavy (non-hydrogen) atoms. The van der Waals surface area contributed by atoms with Crippen molar-refractivity contribution in [3.63, 3.8) is 0 Å². The molecule has 0 saturated carbocycles. The molecule has 68 valence electrons. The summed E-state index contributed by atoms with van der Waals surface area (Å²) in [7, 11) is 0. The summed E-state index contributed by atoms with van der Waals surface area (Å²) in [5, 5.41) is 5.94. The van der Waals surface area contributed by atoms with Crippen LogP contribution in [0.3, 0.4) is 0 Å². The maximum absolute atomic E-state index is 3.33. The highest BCUT2D eigenvalue weighted by Crippen LogP contribution is 2.29. The van der Waals surface area contributed by atoms with E-state index in [9.17, 15) is 0 Å². The SMILES string of the molecule is C1=CNc2c(ccc3ccccc23)C1. The molecule has 1 heterocycles. The van der Waals surface area contributed by atoms with Gasteiger partial charge >= 0.3 is 0 Å². The van der Waals surface area contributed by atoms with Gasteiger partial charge in [0, 0.05) is 11.1 Å². The van der Waals surface area contributed by atoms with Gasteiger partial charge in [-0.15, -0.1) is 0 Å². The van der Waals surface area contributed by atoms with Gasteiger partial charge in [-0.1, -0.05) is 42.5 Å². The van der Waals surface area contributed by atoms with Gasteiger partial charge in [0.2, 0.25) is 0 Å². The van der Waals surface area contributed by atoms with Crippen molar-refractivity contribution in [2.45, 2.75) is 6.42 Å². The van der Waals surface area contributed by atoms with Crippen molar-refractivity contribution in [1.82, 2.24) is 0 Å². The largest absolute Gasteiger partial charge is 0.361 e. The second-order valence-corrected chi connectivity index (χ2v) is 3.57. The third-order valence-electron chi connectivity index (χ3n) is 2.70. The van der Waals surface area contributed by atoms with E-state index in [1.54, 1.807) is 0 Å². The molecule has 0 radical (unpaired) electrons. The number of benzene rings is 2. The predicted octanol–water partition coefficient (Wildman–Crippen LogP) is 3.32. The third-order valence-corrected chi connectivity index (χ3v) is 2.70. The Hall–Kier alpha value is -1.76. The molecular formula is C13H11N. The lowest BCUT2D eigenvalue weighted by atomic mass is 10.0. The number of fused-ring (bicyclic) bond motifs is 3. The van der Waals surface area contributed by atoms with Crippen molar-refractivity contribution < 1.29 is 0 Å². The lowest BCUT2D eigenvalue weighted by molar-refractivity contribution is 1.24. The maximum atomic E-state index is 3.33. The molecule has 1 nitrogen and oxygen atoms in total. The van der Waals surface area contributed by atoms with Crippen LogP contribution in [0.25, 0.3) is 10.8 Å². The van der Waals surface area contributed by atoms with Gasteiger partial charge in [-0.05, 0) is 23.6 Å². The van der Waals surface area contributed by atoms with Crippen LogP contribution in [0.5, 0.6) is 0 Å². The van der Waals surface area contributed by atoms with E-state index in [0.717, 1.165) is 6.42 Å². The lowest BCUT2D eigenvalue weighted by Crippen LogP contribution is -2.00. The second kappa shape index (κ2) is 2.88. The molecule has 0 aliphatic carbocycles. The molecule has 0 amide bonds. The van der Waals surface area contributed by atoms with Gasteiger partial charge in [-0.2, -0.15) is 0 Å². The summed E-state index contributed by atoms with van der Waals surface area (Å²) in [6.07, 6.45) is 5.21. The fourth-order valence-electron chi connectivity index (χ4n) is 1.99. The van der Waals surface area contributed by atoms with Gasteiger partial charge in [0.25, 0.3) is 0 Å².